The number of esters is 1. The van der Waals surface area contributed by atoms with Crippen molar-refractivity contribution >= 4 is 5.97 Å². The minimum atomic E-state index is -0.409. The van der Waals surface area contributed by atoms with Crippen LogP contribution in [0.2, 0.25) is 0 Å². The van der Waals surface area contributed by atoms with Crippen LogP contribution in [0.25, 0.3) is 0 Å². The van der Waals surface area contributed by atoms with Crippen LogP contribution in [0.3, 0.4) is 0 Å². The van der Waals surface area contributed by atoms with Crippen LogP contribution in [0.15, 0.2) is 0 Å². The fourth-order valence-corrected chi connectivity index (χ4v) is 1.61. The van der Waals surface area contributed by atoms with Crippen molar-refractivity contribution in [3.8, 4) is 11.8 Å². The van der Waals surface area contributed by atoms with Gasteiger partial charge in [-0.25, -0.2) is 0 Å². The van der Waals surface area contributed by atoms with Gasteiger partial charge in [0.2, 0.25) is 0 Å². The quantitative estimate of drug-likeness (QED) is 0.543. The van der Waals surface area contributed by atoms with Gasteiger partial charge in [0.15, 0.2) is 0 Å². The van der Waals surface area contributed by atoms with Crippen LogP contribution in [0.1, 0.15) is 40.0 Å². The minimum Gasteiger partial charge on any atom is -0.459 e. The molecule has 1 aliphatic rings. The highest BCUT2D eigenvalue weighted by atomic mass is 16.6. The molecule has 0 unspecified atom stereocenters. The predicted molar refractivity (Wildman–Crippen MR) is 63.8 cm³/mol. The van der Waals surface area contributed by atoms with E-state index >= 15 is 0 Å². The average Bonchev–Trinajstić information content (AvgIpc) is 2.16. The van der Waals surface area contributed by atoms with Crippen molar-refractivity contribution in [3.05, 3.63) is 0 Å². The van der Waals surface area contributed by atoms with Gasteiger partial charge in [-0.3, -0.25) is 4.79 Å². The first-order chi connectivity index (χ1) is 7.47. The van der Waals surface area contributed by atoms with Crippen molar-refractivity contribution in [2.45, 2.75) is 45.6 Å². The molecule has 0 bridgehead atoms. The van der Waals surface area contributed by atoms with E-state index in [-0.39, 0.29) is 12.4 Å². The molecule has 0 spiro atoms. The smallest absolute Gasteiger partial charge is 0.318 e. The summed E-state index contributed by atoms with van der Waals surface area (Å²) in [4.78, 5) is 11.4. The summed E-state index contributed by atoms with van der Waals surface area (Å²) in [6.45, 7) is 7.67. The van der Waals surface area contributed by atoms with Gasteiger partial charge in [-0.05, 0) is 46.7 Å². The Morgan fingerprint density at radius 1 is 1.38 bits per heavy atom. The highest BCUT2D eigenvalue weighted by Gasteiger charge is 2.15. The largest absolute Gasteiger partial charge is 0.459 e. The summed E-state index contributed by atoms with van der Waals surface area (Å²) < 4.78 is 5.17. The second-order valence-corrected chi connectivity index (χ2v) is 5.11. The third-order valence-electron chi connectivity index (χ3n) is 2.30. The lowest BCUT2D eigenvalue weighted by atomic mass is 9.99. The van der Waals surface area contributed by atoms with E-state index in [9.17, 15) is 4.79 Å². The molecule has 90 valence electrons. The van der Waals surface area contributed by atoms with Crippen LogP contribution < -0.4 is 5.32 Å². The van der Waals surface area contributed by atoms with Gasteiger partial charge in [-0.1, -0.05) is 11.8 Å². The molecule has 16 heavy (non-hydrogen) atoms. The molecule has 0 aromatic heterocycles. The lowest BCUT2D eigenvalue weighted by Crippen LogP contribution is -2.27. The van der Waals surface area contributed by atoms with Crippen molar-refractivity contribution < 1.29 is 9.53 Å². The first-order valence-corrected chi connectivity index (χ1v) is 5.88. The van der Waals surface area contributed by atoms with Crippen LogP contribution in [0, 0.1) is 17.8 Å². The van der Waals surface area contributed by atoms with E-state index in [1.54, 1.807) is 0 Å². The lowest BCUT2D eigenvalue weighted by Gasteiger charge is -2.19. The molecule has 1 aliphatic heterocycles. The summed E-state index contributed by atoms with van der Waals surface area (Å²) >= 11 is 0. The van der Waals surface area contributed by atoms with Gasteiger partial charge >= 0.3 is 5.97 Å². The molecule has 1 fully saturated rings. The van der Waals surface area contributed by atoms with Crippen molar-refractivity contribution in [2.24, 2.45) is 5.92 Å². The van der Waals surface area contributed by atoms with Crippen molar-refractivity contribution in [3.63, 3.8) is 0 Å². The number of carbonyl (C=O) groups excluding carboxylic acids is 1. The second kappa shape index (κ2) is 5.91. The Hall–Kier alpha value is -1.01. The first-order valence-electron chi connectivity index (χ1n) is 5.88. The van der Waals surface area contributed by atoms with Gasteiger partial charge in [0.1, 0.15) is 12.0 Å². The number of ether oxygens (including phenoxy) is 1. The lowest BCUT2D eigenvalue weighted by molar-refractivity contribution is -0.153. The number of hydrogen-bond acceptors (Lipinski definition) is 3. The van der Waals surface area contributed by atoms with E-state index in [1.165, 1.54) is 0 Å². The summed E-state index contributed by atoms with van der Waals surface area (Å²) in [6, 6.07) is 0. The van der Waals surface area contributed by atoms with Crippen LogP contribution in [0.4, 0.5) is 0 Å². The second-order valence-electron chi connectivity index (χ2n) is 5.11. The van der Waals surface area contributed by atoms with E-state index in [0.717, 1.165) is 25.9 Å². The van der Waals surface area contributed by atoms with Gasteiger partial charge in [-0.15, -0.1) is 0 Å². The maximum Gasteiger partial charge on any atom is 0.318 e. The Morgan fingerprint density at radius 2 is 2.00 bits per heavy atom. The van der Waals surface area contributed by atoms with Gasteiger partial charge in [0.05, 0.1) is 0 Å². The highest BCUT2D eigenvalue weighted by molar-refractivity contribution is 5.72. The molecule has 1 N–H and O–H groups in total. The molecular formula is C13H21NO2. The molecule has 1 saturated heterocycles. The maximum atomic E-state index is 11.4. The SMILES string of the molecule is CC(C)(C)OC(=O)CC#CC1CCNCC1. The van der Waals surface area contributed by atoms with Gasteiger partial charge in [0.25, 0.3) is 0 Å². The van der Waals surface area contributed by atoms with Crippen LogP contribution in [0.5, 0.6) is 0 Å². The van der Waals surface area contributed by atoms with Gasteiger partial charge < -0.3 is 10.1 Å². The molecule has 1 rings (SSSR count). The third-order valence-corrected chi connectivity index (χ3v) is 2.30. The standard InChI is InChI=1S/C13H21NO2/c1-13(2,3)16-12(15)6-4-5-11-7-9-14-10-8-11/h11,14H,6-10H2,1-3H3. The molecule has 0 aromatic carbocycles. The zero-order valence-electron chi connectivity index (χ0n) is 10.4. The molecular weight excluding hydrogens is 202 g/mol. The third kappa shape index (κ3) is 5.77. The molecule has 3 heteroatoms. The summed E-state index contributed by atoms with van der Waals surface area (Å²) in [5.41, 5.74) is -0.409. The molecule has 0 aliphatic carbocycles. The summed E-state index contributed by atoms with van der Waals surface area (Å²) in [6.07, 6.45) is 2.38. The predicted octanol–water partition coefficient (Wildman–Crippen LogP) is 1.72. The van der Waals surface area contributed by atoms with Crippen LogP contribution in [-0.4, -0.2) is 24.7 Å². The number of carbonyl (C=O) groups is 1. The van der Waals surface area contributed by atoms with Crippen molar-refractivity contribution in [1.82, 2.24) is 5.32 Å². The molecule has 0 radical (unpaired) electrons. The molecule has 0 saturated carbocycles. The zero-order valence-corrected chi connectivity index (χ0v) is 10.4. The maximum absolute atomic E-state index is 11.4. The van der Waals surface area contributed by atoms with Crippen LogP contribution >= 0.6 is 0 Å². The molecule has 0 amide bonds. The van der Waals surface area contributed by atoms with E-state index in [0.29, 0.717) is 5.92 Å². The zero-order chi connectivity index (χ0) is 12.0. The number of piperidine rings is 1. The monoisotopic (exact) mass is 223 g/mol. The van der Waals surface area contributed by atoms with Crippen LogP contribution in [-0.2, 0) is 9.53 Å². The van der Waals surface area contributed by atoms with E-state index < -0.39 is 5.60 Å². The van der Waals surface area contributed by atoms with Crippen molar-refractivity contribution in [2.75, 3.05) is 13.1 Å². The molecule has 0 atom stereocenters. The summed E-state index contributed by atoms with van der Waals surface area (Å²) in [5.74, 6) is 6.29. The summed E-state index contributed by atoms with van der Waals surface area (Å²) in [5, 5.41) is 3.29. The average molecular weight is 223 g/mol. The topological polar surface area (TPSA) is 38.3 Å². The number of hydrogen-bond donors (Lipinski definition) is 1. The van der Waals surface area contributed by atoms with Gasteiger partial charge in [-0.2, -0.15) is 0 Å². The van der Waals surface area contributed by atoms with E-state index in [4.69, 9.17) is 4.74 Å². The minimum absolute atomic E-state index is 0.210. The normalized spacial score (nSPS) is 17.4. The molecule has 0 aromatic rings. The Balaban J connectivity index is 2.27. The highest BCUT2D eigenvalue weighted by Crippen LogP contribution is 2.10. The van der Waals surface area contributed by atoms with E-state index in [1.807, 2.05) is 20.8 Å². The van der Waals surface area contributed by atoms with Crippen molar-refractivity contribution in [1.29, 1.82) is 0 Å². The number of nitrogens with one attached hydrogen (secondary N) is 1. The molecule has 3 nitrogen and oxygen atoms in total. The number of rotatable bonds is 1. The van der Waals surface area contributed by atoms with E-state index in [2.05, 4.69) is 17.2 Å². The Morgan fingerprint density at radius 3 is 2.56 bits per heavy atom. The first kappa shape index (κ1) is 13.1. The Labute approximate surface area is 97.9 Å². The Kier molecular flexibility index (Phi) is 4.82. The van der Waals surface area contributed by atoms with Gasteiger partial charge in [0, 0.05) is 5.92 Å². The fraction of sp³-hybridized carbons (Fsp3) is 0.769. The fourth-order valence-electron chi connectivity index (χ4n) is 1.61. The summed E-state index contributed by atoms with van der Waals surface area (Å²) in [7, 11) is 0. The Bertz CT molecular complexity index is 287. The molecule has 1 heterocycles.